The van der Waals surface area contributed by atoms with Gasteiger partial charge >= 0.3 is 5.97 Å². The number of carbonyl (C=O) groups is 2. The van der Waals surface area contributed by atoms with E-state index in [1.165, 1.54) is 17.4 Å². The van der Waals surface area contributed by atoms with Crippen LogP contribution in [0.5, 0.6) is 0 Å². The van der Waals surface area contributed by atoms with Crippen LogP contribution < -0.4 is 0 Å². The molecule has 1 aliphatic carbocycles. The molecule has 1 amide bonds. The van der Waals surface area contributed by atoms with Gasteiger partial charge in [0, 0.05) is 23.2 Å². The van der Waals surface area contributed by atoms with Gasteiger partial charge in [0.2, 0.25) is 5.91 Å². The van der Waals surface area contributed by atoms with Crippen LogP contribution in [-0.2, 0) is 9.59 Å². The lowest BCUT2D eigenvalue weighted by molar-refractivity contribution is -0.147. The minimum Gasteiger partial charge on any atom is -0.480 e. The predicted octanol–water partition coefficient (Wildman–Crippen LogP) is 2.71. The molecule has 1 saturated heterocycles. The molecule has 1 aromatic heterocycles. The number of amides is 1. The Bertz CT molecular complexity index is 610. The molecular weight excluding hydrogens is 300 g/mol. The lowest BCUT2D eigenvalue weighted by atomic mass is 9.85. The largest absolute Gasteiger partial charge is 0.480 e. The summed E-state index contributed by atoms with van der Waals surface area (Å²) in [4.78, 5) is 30.7. The number of aliphatic carboxylic acids is 1. The summed E-state index contributed by atoms with van der Waals surface area (Å²) in [5, 5.41) is 10.4. The number of carboxylic acids is 1. The summed E-state index contributed by atoms with van der Waals surface area (Å²) in [5.74, 6) is -0.726. The van der Waals surface area contributed by atoms with Crippen molar-refractivity contribution in [3.63, 3.8) is 0 Å². The van der Waals surface area contributed by atoms with Crippen LogP contribution in [0.25, 0.3) is 6.08 Å². The molecule has 0 radical (unpaired) electrons. The van der Waals surface area contributed by atoms with Gasteiger partial charge in [-0.05, 0) is 38.2 Å². The zero-order chi connectivity index (χ0) is 15.7. The van der Waals surface area contributed by atoms with E-state index in [-0.39, 0.29) is 11.9 Å². The quantitative estimate of drug-likeness (QED) is 0.869. The van der Waals surface area contributed by atoms with Gasteiger partial charge in [0.15, 0.2) is 0 Å². The SMILES string of the molecule is Cc1ncc(/C=C\C(=O)N2C(C(=O)O)CC3CCCCC32)s1. The minimum absolute atomic E-state index is 0.0928. The molecule has 1 saturated carbocycles. The molecule has 118 valence electrons. The maximum absolute atomic E-state index is 12.6. The second-order valence-electron chi connectivity index (χ2n) is 6.06. The summed E-state index contributed by atoms with van der Waals surface area (Å²) in [6, 6.07) is -0.580. The number of aryl methyl sites for hydroxylation is 1. The summed E-state index contributed by atoms with van der Waals surface area (Å²) in [6.07, 6.45) is 9.75. The first-order chi connectivity index (χ1) is 10.6. The number of hydrogen-bond donors (Lipinski definition) is 1. The molecule has 0 aromatic carbocycles. The van der Waals surface area contributed by atoms with Gasteiger partial charge in [-0.2, -0.15) is 0 Å². The van der Waals surface area contributed by atoms with Crippen molar-refractivity contribution in [2.75, 3.05) is 0 Å². The summed E-state index contributed by atoms with van der Waals surface area (Å²) >= 11 is 1.52. The number of aromatic nitrogens is 1. The van der Waals surface area contributed by atoms with Crippen LogP contribution in [0.3, 0.4) is 0 Å². The molecule has 22 heavy (non-hydrogen) atoms. The van der Waals surface area contributed by atoms with E-state index in [0.717, 1.165) is 35.6 Å². The standard InChI is InChI=1S/C16H20N2O3S/c1-10-17-9-12(22-10)6-7-15(19)18-13-5-3-2-4-11(13)8-14(18)16(20)21/h6-7,9,11,13-14H,2-5,8H2,1H3,(H,20,21)/b7-6-. The molecule has 0 bridgehead atoms. The first-order valence-corrected chi connectivity index (χ1v) is 8.53. The summed E-state index contributed by atoms with van der Waals surface area (Å²) in [7, 11) is 0. The van der Waals surface area contributed by atoms with E-state index in [0.29, 0.717) is 12.3 Å². The van der Waals surface area contributed by atoms with Crippen molar-refractivity contribution in [2.45, 2.75) is 51.1 Å². The van der Waals surface area contributed by atoms with Crippen molar-refractivity contribution in [1.29, 1.82) is 0 Å². The highest BCUT2D eigenvalue weighted by Crippen LogP contribution is 2.40. The predicted molar refractivity (Wildman–Crippen MR) is 84.5 cm³/mol. The van der Waals surface area contributed by atoms with Gasteiger partial charge in [-0.3, -0.25) is 4.79 Å². The molecule has 3 unspecified atom stereocenters. The molecule has 1 aromatic rings. The fraction of sp³-hybridized carbons (Fsp3) is 0.562. The van der Waals surface area contributed by atoms with Crippen LogP contribution in [-0.4, -0.2) is 39.0 Å². The Morgan fingerprint density at radius 2 is 2.18 bits per heavy atom. The van der Waals surface area contributed by atoms with E-state index < -0.39 is 12.0 Å². The number of carboxylic acid groups (broad SMARTS) is 1. The molecule has 0 spiro atoms. The molecule has 2 fully saturated rings. The monoisotopic (exact) mass is 320 g/mol. The Morgan fingerprint density at radius 1 is 1.41 bits per heavy atom. The maximum Gasteiger partial charge on any atom is 0.326 e. The average Bonchev–Trinajstić information content (AvgIpc) is 3.08. The number of hydrogen-bond acceptors (Lipinski definition) is 4. The Morgan fingerprint density at radius 3 is 2.86 bits per heavy atom. The minimum atomic E-state index is -0.884. The van der Waals surface area contributed by atoms with E-state index in [1.54, 1.807) is 17.2 Å². The Labute approximate surface area is 133 Å². The van der Waals surface area contributed by atoms with Gasteiger partial charge < -0.3 is 10.0 Å². The molecule has 1 aliphatic heterocycles. The Kier molecular flexibility index (Phi) is 4.29. The van der Waals surface area contributed by atoms with Gasteiger partial charge in [-0.25, -0.2) is 9.78 Å². The summed E-state index contributed by atoms with van der Waals surface area (Å²) < 4.78 is 0. The highest BCUT2D eigenvalue weighted by molar-refractivity contribution is 7.12. The van der Waals surface area contributed by atoms with Crippen molar-refractivity contribution in [1.82, 2.24) is 9.88 Å². The van der Waals surface area contributed by atoms with Crippen LogP contribution in [0, 0.1) is 12.8 Å². The van der Waals surface area contributed by atoms with Crippen molar-refractivity contribution in [3.05, 3.63) is 22.2 Å². The number of thiazole rings is 1. The van der Waals surface area contributed by atoms with Gasteiger partial charge in [0.05, 0.1) is 5.01 Å². The molecular formula is C16H20N2O3S. The number of carbonyl (C=O) groups excluding carboxylic acids is 1. The molecule has 2 heterocycles. The third-order valence-electron chi connectivity index (χ3n) is 4.66. The number of fused-ring (bicyclic) bond motifs is 1. The number of nitrogens with zero attached hydrogens (tertiary/aromatic N) is 2. The first kappa shape index (κ1) is 15.2. The molecule has 5 nitrogen and oxygen atoms in total. The number of rotatable bonds is 3. The fourth-order valence-corrected chi connectivity index (χ4v) is 4.38. The summed E-state index contributed by atoms with van der Waals surface area (Å²) in [5.41, 5.74) is 0. The highest BCUT2D eigenvalue weighted by atomic mass is 32.1. The van der Waals surface area contributed by atoms with Crippen LogP contribution in [0.15, 0.2) is 12.3 Å². The molecule has 1 N–H and O–H groups in total. The topological polar surface area (TPSA) is 70.5 Å². The fourth-order valence-electron chi connectivity index (χ4n) is 3.69. The van der Waals surface area contributed by atoms with E-state index in [2.05, 4.69) is 4.98 Å². The van der Waals surface area contributed by atoms with Crippen LogP contribution >= 0.6 is 11.3 Å². The Hall–Kier alpha value is -1.69. The average molecular weight is 320 g/mol. The molecule has 2 aliphatic rings. The lowest BCUT2D eigenvalue weighted by Gasteiger charge is -2.32. The maximum atomic E-state index is 12.6. The molecule has 3 rings (SSSR count). The van der Waals surface area contributed by atoms with Crippen LogP contribution in [0.1, 0.15) is 42.0 Å². The first-order valence-electron chi connectivity index (χ1n) is 7.72. The second-order valence-corrected chi connectivity index (χ2v) is 7.33. The van der Waals surface area contributed by atoms with E-state index >= 15 is 0 Å². The van der Waals surface area contributed by atoms with Crippen molar-refractivity contribution in [3.8, 4) is 0 Å². The van der Waals surface area contributed by atoms with Gasteiger partial charge in [-0.1, -0.05) is 12.8 Å². The lowest BCUT2D eigenvalue weighted by Crippen LogP contribution is -2.45. The van der Waals surface area contributed by atoms with Crippen molar-refractivity contribution >= 4 is 29.3 Å². The van der Waals surface area contributed by atoms with E-state index in [9.17, 15) is 14.7 Å². The zero-order valence-electron chi connectivity index (χ0n) is 12.6. The number of likely N-dealkylation sites (tertiary alicyclic amines) is 1. The van der Waals surface area contributed by atoms with Crippen molar-refractivity contribution in [2.24, 2.45) is 5.92 Å². The zero-order valence-corrected chi connectivity index (χ0v) is 13.4. The summed E-state index contributed by atoms with van der Waals surface area (Å²) in [6.45, 7) is 1.91. The van der Waals surface area contributed by atoms with E-state index in [1.807, 2.05) is 6.92 Å². The van der Waals surface area contributed by atoms with Crippen LogP contribution in [0.2, 0.25) is 0 Å². The van der Waals surface area contributed by atoms with Gasteiger partial charge in [-0.15, -0.1) is 11.3 Å². The van der Waals surface area contributed by atoms with Gasteiger partial charge in [0.25, 0.3) is 0 Å². The second kappa shape index (κ2) is 6.20. The third kappa shape index (κ3) is 2.92. The van der Waals surface area contributed by atoms with Crippen molar-refractivity contribution < 1.29 is 14.7 Å². The Balaban J connectivity index is 1.78. The highest BCUT2D eigenvalue weighted by Gasteiger charge is 2.46. The normalized spacial score (nSPS) is 28.0. The smallest absolute Gasteiger partial charge is 0.326 e. The van der Waals surface area contributed by atoms with Crippen LogP contribution in [0.4, 0.5) is 0 Å². The van der Waals surface area contributed by atoms with Gasteiger partial charge in [0.1, 0.15) is 6.04 Å². The third-order valence-corrected chi connectivity index (χ3v) is 5.53. The molecule has 6 heteroatoms. The van der Waals surface area contributed by atoms with E-state index in [4.69, 9.17) is 0 Å². The molecule has 3 atom stereocenters.